The monoisotopic (exact) mass is 296 g/mol. The van der Waals surface area contributed by atoms with E-state index in [9.17, 15) is 0 Å². The van der Waals surface area contributed by atoms with Gasteiger partial charge in [0.2, 0.25) is 0 Å². The van der Waals surface area contributed by atoms with Crippen LogP contribution in [0.5, 0.6) is 0 Å². The van der Waals surface area contributed by atoms with Crippen LogP contribution in [-0.2, 0) is 4.74 Å². The average Bonchev–Trinajstić information content (AvgIpc) is 2.20. The number of aliphatic hydroxyl groups is 1. The van der Waals surface area contributed by atoms with E-state index in [-0.39, 0.29) is 0 Å². The molecule has 0 saturated carbocycles. The van der Waals surface area contributed by atoms with Gasteiger partial charge in [-0.15, -0.1) is 12.3 Å². The van der Waals surface area contributed by atoms with Crippen molar-refractivity contribution in [1.82, 2.24) is 4.90 Å². The Bertz CT molecular complexity index is 208. The maximum Gasteiger partial charge on any atom is 0.259 e. The third-order valence-corrected chi connectivity index (χ3v) is 1.67. The molecule has 0 saturated heterocycles. The van der Waals surface area contributed by atoms with Crippen molar-refractivity contribution in [3.05, 3.63) is 12.3 Å². The van der Waals surface area contributed by atoms with Crippen LogP contribution in [0.25, 0.3) is 0 Å². The zero-order valence-corrected chi connectivity index (χ0v) is 14.7. The Balaban J connectivity index is -0.000000232. The zero-order valence-electron chi connectivity index (χ0n) is 11.1. The lowest BCUT2D eigenvalue weighted by Gasteiger charge is -2.20. The third-order valence-electron chi connectivity index (χ3n) is 1.29. The summed E-state index contributed by atoms with van der Waals surface area (Å²) in [5.41, 5.74) is 6.29. The van der Waals surface area contributed by atoms with Crippen LogP contribution in [-0.4, -0.2) is 50.3 Å². The van der Waals surface area contributed by atoms with Crippen molar-refractivity contribution in [1.29, 1.82) is 0 Å². The van der Waals surface area contributed by atoms with Gasteiger partial charge in [0.25, 0.3) is 10.3 Å². The van der Waals surface area contributed by atoms with E-state index >= 15 is 0 Å². The second kappa shape index (κ2) is 17.7. The third kappa shape index (κ3) is 25.5. The first kappa shape index (κ1) is 21.6. The fraction of sp³-hybridized carbons (Fsp3) is 0.600. The summed E-state index contributed by atoms with van der Waals surface area (Å²) < 4.78 is 5.14. The molecule has 0 aliphatic rings. The van der Waals surface area contributed by atoms with Gasteiger partial charge in [-0.3, -0.25) is 0 Å². The van der Waals surface area contributed by atoms with Gasteiger partial charge in [0, 0.05) is 23.3 Å². The van der Waals surface area contributed by atoms with Crippen LogP contribution in [0.15, 0.2) is 12.3 Å². The van der Waals surface area contributed by atoms with Crippen molar-refractivity contribution in [2.75, 3.05) is 19.7 Å². The van der Waals surface area contributed by atoms with E-state index in [1.165, 1.54) is 0 Å². The van der Waals surface area contributed by atoms with Gasteiger partial charge in [-0.2, -0.15) is 0 Å². The van der Waals surface area contributed by atoms with Gasteiger partial charge in [0.15, 0.2) is 0 Å². The van der Waals surface area contributed by atoms with Gasteiger partial charge in [-0.05, 0) is 45.2 Å². The number of ether oxygens (including phenoxy) is 1. The Morgan fingerprint density at radius 2 is 1.71 bits per heavy atom. The fourth-order valence-electron chi connectivity index (χ4n) is 0.697. The molecule has 3 N–H and O–H groups in total. The van der Waals surface area contributed by atoms with Crippen molar-refractivity contribution in [3.8, 4) is 0 Å². The summed E-state index contributed by atoms with van der Waals surface area (Å²) in [4.78, 5) is 2.01. The molecule has 0 radical (unpaired) electrons. The van der Waals surface area contributed by atoms with Gasteiger partial charge in [0.05, 0.1) is 6.61 Å². The number of thiocarbonyl (C=S) groups is 2. The first-order valence-electron chi connectivity index (χ1n) is 5.38. The molecule has 7 heteroatoms. The van der Waals surface area contributed by atoms with Gasteiger partial charge in [0.1, 0.15) is 0 Å². The number of hydrogen-bond donors (Lipinski definition) is 2. The van der Waals surface area contributed by atoms with Crippen LogP contribution in [0.1, 0.15) is 20.8 Å². The molecule has 17 heavy (non-hydrogen) atoms. The SMILES string of the molecule is C=C[SiH3].CCOC(=S)N(CC)CC.NC(O)=S. The second-order valence-electron chi connectivity index (χ2n) is 2.62. The van der Waals surface area contributed by atoms with Gasteiger partial charge >= 0.3 is 0 Å². The molecule has 0 heterocycles. The van der Waals surface area contributed by atoms with Crippen molar-refractivity contribution < 1.29 is 9.84 Å². The van der Waals surface area contributed by atoms with Crippen LogP contribution in [0.2, 0.25) is 0 Å². The lowest BCUT2D eigenvalue weighted by molar-refractivity contribution is 0.264. The van der Waals surface area contributed by atoms with Crippen LogP contribution < -0.4 is 5.73 Å². The predicted molar refractivity (Wildman–Crippen MR) is 86.7 cm³/mol. The summed E-state index contributed by atoms with van der Waals surface area (Å²) in [5, 5.41) is 7.68. The molecular weight excluding hydrogens is 272 g/mol. The van der Waals surface area contributed by atoms with Crippen LogP contribution in [0, 0.1) is 0 Å². The number of rotatable bonds is 3. The molecule has 0 bridgehead atoms. The fourth-order valence-corrected chi connectivity index (χ4v) is 1.07. The summed E-state index contributed by atoms with van der Waals surface area (Å²) in [6, 6.07) is 0. The average molecular weight is 297 g/mol. The summed E-state index contributed by atoms with van der Waals surface area (Å²) >= 11 is 8.85. The van der Waals surface area contributed by atoms with E-state index in [0.29, 0.717) is 11.8 Å². The molecule has 0 aliphatic carbocycles. The van der Waals surface area contributed by atoms with E-state index in [2.05, 4.69) is 38.4 Å². The van der Waals surface area contributed by atoms with E-state index in [0.717, 1.165) is 23.3 Å². The van der Waals surface area contributed by atoms with Crippen molar-refractivity contribution >= 4 is 45.0 Å². The maximum absolute atomic E-state index is 7.56. The highest BCUT2D eigenvalue weighted by Gasteiger charge is 2.03. The molecular formula is C10H24N2O2S2Si. The number of nitrogens with zero attached hydrogens (tertiary/aromatic N) is 1. The van der Waals surface area contributed by atoms with Crippen molar-refractivity contribution in [2.24, 2.45) is 5.73 Å². The van der Waals surface area contributed by atoms with E-state index in [1.54, 1.807) is 0 Å². The number of hydrogen-bond acceptors (Lipinski definition) is 3. The largest absolute Gasteiger partial charge is 0.487 e. The van der Waals surface area contributed by atoms with Crippen LogP contribution in [0.4, 0.5) is 0 Å². The lowest BCUT2D eigenvalue weighted by Crippen LogP contribution is -2.30. The zero-order chi connectivity index (χ0) is 14.3. The minimum absolute atomic E-state index is 0.500. The first-order valence-corrected chi connectivity index (χ1v) is 7.35. The number of aliphatic hydroxyl groups excluding tert-OH is 1. The van der Waals surface area contributed by atoms with Gasteiger partial charge in [-0.1, -0.05) is 0 Å². The van der Waals surface area contributed by atoms with Crippen LogP contribution >= 0.6 is 24.4 Å². The summed E-state index contributed by atoms with van der Waals surface area (Å²) in [6.07, 6.45) is 0. The van der Waals surface area contributed by atoms with Crippen molar-refractivity contribution in [3.63, 3.8) is 0 Å². The Morgan fingerprint density at radius 3 is 1.88 bits per heavy atom. The molecule has 0 spiro atoms. The highest BCUT2D eigenvalue weighted by atomic mass is 32.1. The molecule has 0 aromatic rings. The molecule has 0 amide bonds. The minimum atomic E-state index is -0.500. The van der Waals surface area contributed by atoms with Gasteiger partial charge in [-0.25, -0.2) is 0 Å². The van der Waals surface area contributed by atoms with E-state index < -0.39 is 5.17 Å². The quantitative estimate of drug-likeness (QED) is 0.597. The molecule has 0 aromatic carbocycles. The maximum atomic E-state index is 7.56. The predicted octanol–water partition coefficient (Wildman–Crippen LogP) is 0.933. The highest BCUT2D eigenvalue weighted by Crippen LogP contribution is 1.92. The summed E-state index contributed by atoms with van der Waals surface area (Å²) in [5.74, 6) is 0. The first-order chi connectivity index (χ1) is 7.90. The Morgan fingerprint density at radius 1 is 1.41 bits per heavy atom. The molecule has 0 aliphatic heterocycles. The topological polar surface area (TPSA) is 58.7 Å². The Labute approximate surface area is 118 Å². The Kier molecular flexibility index (Phi) is 22.5. The van der Waals surface area contributed by atoms with Crippen LogP contribution in [0.3, 0.4) is 0 Å². The summed E-state index contributed by atoms with van der Waals surface area (Å²) in [7, 11) is 1.13. The van der Waals surface area contributed by atoms with E-state index in [1.807, 2.05) is 17.5 Å². The lowest BCUT2D eigenvalue weighted by atomic mass is 10.6. The Hall–Kier alpha value is -0.663. The minimum Gasteiger partial charge on any atom is -0.487 e. The van der Waals surface area contributed by atoms with E-state index in [4.69, 9.17) is 22.1 Å². The molecule has 0 aromatic heterocycles. The summed E-state index contributed by atoms with van der Waals surface area (Å²) in [6.45, 7) is 12.0. The molecule has 0 unspecified atom stereocenters. The number of nitrogens with two attached hydrogens (primary N) is 1. The normalized spacial score (nSPS) is 7.71. The second-order valence-corrected chi connectivity index (χ2v) is 4.20. The highest BCUT2D eigenvalue weighted by molar-refractivity contribution is 7.80. The molecule has 0 atom stereocenters. The van der Waals surface area contributed by atoms with Crippen molar-refractivity contribution in [2.45, 2.75) is 20.8 Å². The smallest absolute Gasteiger partial charge is 0.259 e. The van der Waals surface area contributed by atoms with Gasteiger partial charge < -0.3 is 20.5 Å². The molecule has 102 valence electrons. The standard InChI is InChI=1S/C7H15NOS.C2H6Si.CH3NOS/c1-4-8(5-2)7(10)9-6-3;1-2-3;2-1(3)4/h4-6H2,1-3H3;2H,1H2,3H3;(H3,2,3,4). The molecule has 0 fully saturated rings. The molecule has 4 nitrogen and oxygen atoms in total. The molecule has 0 rings (SSSR count).